The Morgan fingerprint density at radius 1 is 0.727 bits per heavy atom. The molecular weight excluding hydrogens is 284 g/mol. The third kappa shape index (κ3) is 7.46. The minimum atomic E-state index is -1.63. The van der Waals surface area contributed by atoms with Crippen molar-refractivity contribution in [1.29, 1.82) is 0 Å². The van der Waals surface area contributed by atoms with Crippen molar-refractivity contribution in [2.45, 2.75) is 110 Å². The summed E-state index contributed by atoms with van der Waals surface area (Å²) in [4.78, 5) is 0. The monoisotopic (exact) mass is 326 g/mol. The molecule has 0 aromatic heterocycles. The van der Waals surface area contributed by atoms with Gasteiger partial charge in [-0.15, -0.1) is 6.58 Å². The Morgan fingerprint density at radius 3 is 1.55 bits per heavy atom. The molecule has 0 aromatic carbocycles. The number of unbranched alkanes of at least 4 members (excludes halogenated alkanes) is 7. The van der Waals surface area contributed by atoms with Crippen molar-refractivity contribution in [2.24, 2.45) is 0 Å². The second-order valence-electron chi connectivity index (χ2n) is 7.72. The Balaban J connectivity index is 3.89. The first kappa shape index (κ1) is 21.9. The van der Waals surface area contributed by atoms with Gasteiger partial charge in [-0.05, 0) is 35.9 Å². The quantitative estimate of drug-likeness (QED) is 0.182. The predicted octanol–water partition coefficient (Wildman–Crippen LogP) is 7.49. The molecular formula is C20H42OSi. The third-order valence-electron chi connectivity index (χ3n) is 5.11. The van der Waals surface area contributed by atoms with E-state index in [4.69, 9.17) is 4.43 Å². The van der Waals surface area contributed by atoms with E-state index in [1.54, 1.807) is 0 Å². The fraction of sp³-hybridized carbons (Fsp3) is 0.900. The van der Waals surface area contributed by atoms with E-state index in [-0.39, 0.29) is 0 Å². The molecule has 0 saturated carbocycles. The summed E-state index contributed by atoms with van der Waals surface area (Å²) in [6.45, 7) is 19.0. The van der Waals surface area contributed by atoms with Crippen molar-refractivity contribution in [3.8, 4) is 0 Å². The molecule has 1 nitrogen and oxygen atoms in total. The van der Waals surface area contributed by atoms with Gasteiger partial charge in [-0.2, -0.15) is 0 Å². The van der Waals surface area contributed by atoms with Crippen LogP contribution in [0, 0.1) is 0 Å². The van der Waals surface area contributed by atoms with Gasteiger partial charge in [0, 0.05) is 6.61 Å². The highest BCUT2D eigenvalue weighted by Crippen LogP contribution is 2.42. The van der Waals surface area contributed by atoms with Gasteiger partial charge in [-0.25, -0.2) is 0 Å². The van der Waals surface area contributed by atoms with Crippen LogP contribution in [0.5, 0.6) is 0 Å². The van der Waals surface area contributed by atoms with Gasteiger partial charge in [0.25, 0.3) is 0 Å². The summed E-state index contributed by atoms with van der Waals surface area (Å²) < 4.78 is 6.60. The first-order chi connectivity index (χ1) is 10.4. The van der Waals surface area contributed by atoms with E-state index in [0.29, 0.717) is 16.6 Å². The molecule has 0 unspecified atom stereocenters. The lowest BCUT2D eigenvalue weighted by Crippen LogP contribution is -2.47. The lowest BCUT2D eigenvalue weighted by molar-refractivity contribution is 0.267. The Bertz CT molecular complexity index is 249. The van der Waals surface area contributed by atoms with Crippen molar-refractivity contribution in [3.05, 3.63) is 12.7 Å². The Morgan fingerprint density at radius 2 is 1.14 bits per heavy atom. The first-order valence-corrected chi connectivity index (χ1v) is 11.8. The van der Waals surface area contributed by atoms with Gasteiger partial charge in [0.15, 0.2) is 8.32 Å². The predicted molar refractivity (Wildman–Crippen MR) is 104 cm³/mol. The van der Waals surface area contributed by atoms with Gasteiger partial charge >= 0.3 is 0 Å². The SMILES string of the molecule is C=CCCCCCCCCCO[Si](C(C)C)(C(C)C)C(C)C. The van der Waals surface area contributed by atoms with Crippen LogP contribution in [0.1, 0.15) is 92.9 Å². The van der Waals surface area contributed by atoms with Crippen molar-refractivity contribution in [3.63, 3.8) is 0 Å². The van der Waals surface area contributed by atoms with Crippen LogP contribution in [0.25, 0.3) is 0 Å². The highest BCUT2D eigenvalue weighted by Gasteiger charge is 2.44. The summed E-state index contributed by atoms with van der Waals surface area (Å²) in [6.07, 6.45) is 12.6. The van der Waals surface area contributed by atoms with Crippen LogP contribution in [0.4, 0.5) is 0 Å². The van der Waals surface area contributed by atoms with E-state index in [1.807, 2.05) is 6.08 Å². The van der Waals surface area contributed by atoms with Crippen LogP contribution < -0.4 is 0 Å². The Hall–Kier alpha value is -0.0831. The zero-order chi connectivity index (χ0) is 17.0. The molecule has 0 radical (unpaired) electrons. The molecule has 132 valence electrons. The minimum absolute atomic E-state index is 0.706. The largest absolute Gasteiger partial charge is 0.416 e. The van der Waals surface area contributed by atoms with E-state index < -0.39 is 8.32 Å². The molecule has 2 heteroatoms. The van der Waals surface area contributed by atoms with Gasteiger partial charge < -0.3 is 4.43 Å². The Kier molecular flexibility index (Phi) is 12.3. The molecule has 0 bridgehead atoms. The molecule has 0 aromatic rings. The maximum Gasteiger partial charge on any atom is 0.200 e. The van der Waals surface area contributed by atoms with E-state index in [0.717, 1.165) is 6.61 Å². The minimum Gasteiger partial charge on any atom is -0.416 e. The van der Waals surface area contributed by atoms with E-state index in [1.165, 1.54) is 51.4 Å². The van der Waals surface area contributed by atoms with Crippen molar-refractivity contribution < 1.29 is 4.43 Å². The molecule has 0 amide bonds. The highest BCUT2D eigenvalue weighted by atomic mass is 28.4. The maximum atomic E-state index is 6.60. The number of rotatable bonds is 14. The van der Waals surface area contributed by atoms with E-state index in [2.05, 4.69) is 48.1 Å². The molecule has 0 fully saturated rings. The normalized spacial score (nSPS) is 12.6. The van der Waals surface area contributed by atoms with Crippen molar-refractivity contribution >= 4 is 8.32 Å². The second-order valence-corrected chi connectivity index (χ2v) is 13.2. The number of hydrogen-bond acceptors (Lipinski definition) is 1. The standard InChI is InChI=1S/C20H42OSi/c1-8-9-10-11-12-13-14-15-16-17-21-22(18(2)3,19(4)5)20(6)7/h8,18-20H,1,9-17H2,2-7H3. The Labute approximate surface area is 142 Å². The molecule has 0 N–H and O–H groups in total. The molecule has 0 rings (SSSR count). The second kappa shape index (κ2) is 12.4. The van der Waals surface area contributed by atoms with Crippen LogP contribution >= 0.6 is 0 Å². The van der Waals surface area contributed by atoms with Crippen LogP contribution in [-0.4, -0.2) is 14.9 Å². The molecule has 0 aliphatic rings. The topological polar surface area (TPSA) is 9.23 Å². The molecule has 0 spiro atoms. The maximum absolute atomic E-state index is 6.60. The lowest BCUT2D eigenvalue weighted by atomic mass is 10.1. The van der Waals surface area contributed by atoms with E-state index in [9.17, 15) is 0 Å². The van der Waals surface area contributed by atoms with Crippen LogP contribution in [0.2, 0.25) is 16.6 Å². The summed E-state index contributed by atoms with van der Waals surface area (Å²) in [5.41, 5.74) is 2.12. The smallest absolute Gasteiger partial charge is 0.200 e. The average molecular weight is 327 g/mol. The molecule has 0 aliphatic heterocycles. The molecule has 0 saturated heterocycles. The first-order valence-electron chi connectivity index (χ1n) is 9.64. The summed E-state index contributed by atoms with van der Waals surface area (Å²) in [7, 11) is -1.63. The van der Waals surface area contributed by atoms with Gasteiger partial charge in [0.05, 0.1) is 0 Å². The third-order valence-corrected chi connectivity index (χ3v) is 11.2. The lowest BCUT2D eigenvalue weighted by Gasteiger charge is -2.42. The zero-order valence-corrected chi connectivity index (χ0v) is 17.3. The van der Waals surface area contributed by atoms with Gasteiger partial charge in [-0.3, -0.25) is 0 Å². The van der Waals surface area contributed by atoms with Gasteiger partial charge in [0.2, 0.25) is 0 Å². The van der Waals surface area contributed by atoms with Crippen LogP contribution in [0.3, 0.4) is 0 Å². The number of allylic oxidation sites excluding steroid dienone is 1. The highest BCUT2D eigenvalue weighted by molar-refractivity contribution is 6.77. The summed E-state index contributed by atoms with van der Waals surface area (Å²) in [6, 6.07) is 0. The zero-order valence-electron chi connectivity index (χ0n) is 16.3. The molecule has 22 heavy (non-hydrogen) atoms. The molecule has 0 aliphatic carbocycles. The van der Waals surface area contributed by atoms with Crippen molar-refractivity contribution in [2.75, 3.05) is 6.61 Å². The van der Waals surface area contributed by atoms with E-state index >= 15 is 0 Å². The fourth-order valence-electron chi connectivity index (χ4n) is 4.02. The average Bonchev–Trinajstić information content (AvgIpc) is 2.43. The summed E-state index contributed by atoms with van der Waals surface area (Å²) >= 11 is 0. The van der Waals surface area contributed by atoms with Crippen LogP contribution in [0.15, 0.2) is 12.7 Å². The van der Waals surface area contributed by atoms with Crippen molar-refractivity contribution in [1.82, 2.24) is 0 Å². The fourth-order valence-corrected chi connectivity index (χ4v) is 9.52. The number of hydrogen-bond donors (Lipinski definition) is 0. The van der Waals surface area contributed by atoms with Gasteiger partial charge in [-0.1, -0.05) is 79.7 Å². The van der Waals surface area contributed by atoms with Crippen LogP contribution in [-0.2, 0) is 4.43 Å². The summed E-state index contributed by atoms with van der Waals surface area (Å²) in [5.74, 6) is 0. The molecule has 0 atom stereocenters. The van der Waals surface area contributed by atoms with Gasteiger partial charge in [0.1, 0.15) is 0 Å². The molecule has 0 heterocycles. The summed E-state index contributed by atoms with van der Waals surface area (Å²) in [5, 5.41) is 0.